The Morgan fingerprint density at radius 1 is 1.12 bits per heavy atom. The Hall–Kier alpha value is -3.16. The van der Waals surface area contributed by atoms with Crippen molar-refractivity contribution in [1.29, 1.82) is 0 Å². The summed E-state index contributed by atoms with van der Waals surface area (Å²) >= 11 is 0. The van der Waals surface area contributed by atoms with Gasteiger partial charge in [0.2, 0.25) is 5.91 Å². The largest absolute Gasteiger partial charge is 0.463 e. The van der Waals surface area contributed by atoms with Crippen LogP contribution in [0.2, 0.25) is 0 Å². The normalized spacial score (nSPS) is 16.8. The molecule has 8 heteroatoms. The van der Waals surface area contributed by atoms with E-state index in [1.807, 2.05) is 6.92 Å². The average Bonchev–Trinajstić information content (AvgIpc) is 2.75. The monoisotopic (exact) mass is 463 g/mol. The third kappa shape index (κ3) is 5.43. The van der Waals surface area contributed by atoms with E-state index < -0.39 is 35.4 Å². The summed E-state index contributed by atoms with van der Waals surface area (Å²) in [4.78, 5) is 27.6. The fourth-order valence-electron chi connectivity index (χ4n) is 4.19. The van der Waals surface area contributed by atoms with Crippen LogP contribution in [0, 0.1) is 5.82 Å². The van der Waals surface area contributed by atoms with Gasteiger partial charge in [0.1, 0.15) is 5.82 Å². The molecule has 1 unspecified atom stereocenters. The zero-order valence-corrected chi connectivity index (χ0v) is 18.4. The lowest BCUT2D eigenvalue weighted by Gasteiger charge is -2.36. The van der Waals surface area contributed by atoms with Crippen LogP contribution in [-0.2, 0) is 27.0 Å². The minimum atomic E-state index is -4.65. The Kier molecular flexibility index (Phi) is 7.56. The molecule has 0 aromatic heterocycles. The topological polar surface area (TPSA) is 46.6 Å². The summed E-state index contributed by atoms with van der Waals surface area (Å²) in [5.74, 6) is -2.75. The van der Waals surface area contributed by atoms with Crippen molar-refractivity contribution in [2.45, 2.75) is 51.7 Å². The molecular weight excluding hydrogens is 438 g/mol. The van der Waals surface area contributed by atoms with Crippen molar-refractivity contribution >= 4 is 11.9 Å². The summed E-state index contributed by atoms with van der Waals surface area (Å²) in [6.07, 6.45) is -4.16. The van der Waals surface area contributed by atoms with Gasteiger partial charge in [-0.25, -0.2) is 9.18 Å². The lowest BCUT2D eigenvalue weighted by Crippen LogP contribution is -2.39. The van der Waals surface area contributed by atoms with Gasteiger partial charge < -0.3 is 9.64 Å². The first-order valence-electron chi connectivity index (χ1n) is 10.8. The van der Waals surface area contributed by atoms with E-state index in [0.29, 0.717) is 17.7 Å². The van der Waals surface area contributed by atoms with Gasteiger partial charge in [-0.3, -0.25) is 4.79 Å². The molecule has 1 aliphatic rings. The molecule has 176 valence electrons. The highest BCUT2D eigenvalue weighted by Crippen LogP contribution is 2.44. The molecule has 1 atom stereocenters. The van der Waals surface area contributed by atoms with Gasteiger partial charge in [0, 0.05) is 18.0 Å². The molecule has 2 aromatic rings. The van der Waals surface area contributed by atoms with E-state index in [2.05, 4.69) is 0 Å². The molecule has 1 aliphatic heterocycles. The fourth-order valence-corrected chi connectivity index (χ4v) is 4.19. The van der Waals surface area contributed by atoms with E-state index in [9.17, 15) is 27.2 Å². The van der Waals surface area contributed by atoms with Crippen molar-refractivity contribution in [3.8, 4) is 0 Å². The first kappa shape index (κ1) is 24.5. The number of hydrogen-bond donors (Lipinski definition) is 0. The third-order valence-corrected chi connectivity index (χ3v) is 5.52. The van der Waals surface area contributed by atoms with Gasteiger partial charge in [-0.1, -0.05) is 43.7 Å². The SMILES string of the molecule is CCCC1=C(C(=O)OCC)C(c2ccccc2C(F)(F)F)CC(=O)N1Cc1cccc(F)c1. The number of ether oxygens (including phenoxy) is 1. The number of amides is 1. The predicted molar refractivity (Wildman–Crippen MR) is 114 cm³/mol. The second kappa shape index (κ2) is 10.2. The van der Waals surface area contributed by atoms with E-state index in [1.165, 1.54) is 41.3 Å². The van der Waals surface area contributed by atoms with Crippen molar-refractivity contribution in [2.75, 3.05) is 6.61 Å². The zero-order valence-electron chi connectivity index (χ0n) is 18.4. The summed E-state index contributed by atoms with van der Waals surface area (Å²) in [6, 6.07) is 10.7. The quantitative estimate of drug-likeness (QED) is 0.375. The van der Waals surface area contributed by atoms with Crippen LogP contribution in [0.25, 0.3) is 0 Å². The van der Waals surface area contributed by atoms with Crippen LogP contribution in [0.5, 0.6) is 0 Å². The number of esters is 1. The lowest BCUT2D eigenvalue weighted by molar-refractivity contribution is -0.142. The predicted octanol–water partition coefficient (Wildman–Crippen LogP) is 5.98. The van der Waals surface area contributed by atoms with Crippen LogP contribution in [0.4, 0.5) is 17.6 Å². The molecule has 2 aromatic carbocycles. The Bertz CT molecular complexity index is 1060. The number of benzene rings is 2. The first-order chi connectivity index (χ1) is 15.7. The molecule has 1 amide bonds. The van der Waals surface area contributed by atoms with Crippen molar-refractivity contribution in [2.24, 2.45) is 0 Å². The molecule has 0 aliphatic carbocycles. The number of carbonyl (C=O) groups is 2. The van der Waals surface area contributed by atoms with Gasteiger partial charge in [-0.15, -0.1) is 0 Å². The van der Waals surface area contributed by atoms with Gasteiger partial charge in [0.15, 0.2) is 0 Å². The average molecular weight is 463 g/mol. The molecular formula is C25H25F4NO3. The molecule has 0 bridgehead atoms. The van der Waals surface area contributed by atoms with Crippen LogP contribution in [-0.4, -0.2) is 23.4 Å². The standard InChI is InChI=1S/C25H25F4NO3/c1-3-8-21-23(24(32)33-4-2)19(18-11-5-6-12-20(18)25(27,28)29)14-22(31)30(21)15-16-9-7-10-17(26)13-16/h5-7,9-13,19H,3-4,8,14-15H2,1-2H3. The van der Waals surface area contributed by atoms with Gasteiger partial charge in [-0.05, 0) is 42.7 Å². The number of halogens is 4. The van der Waals surface area contributed by atoms with Crippen molar-refractivity contribution in [3.05, 3.63) is 82.3 Å². The molecule has 3 rings (SSSR count). The summed E-state index contributed by atoms with van der Waals surface area (Å²) < 4.78 is 60.2. The Balaban J connectivity index is 2.19. The minimum absolute atomic E-state index is 0.00245. The molecule has 0 spiro atoms. The van der Waals surface area contributed by atoms with E-state index in [0.717, 1.165) is 6.07 Å². The van der Waals surface area contributed by atoms with Crippen molar-refractivity contribution < 1.29 is 31.9 Å². The van der Waals surface area contributed by atoms with E-state index in [-0.39, 0.29) is 37.1 Å². The van der Waals surface area contributed by atoms with Gasteiger partial charge in [0.05, 0.1) is 24.3 Å². The molecule has 0 saturated heterocycles. The number of nitrogens with zero attached hydrogens (tertiary/aromatic N) is 1. The maximum absolute atomic E-state index is 13.8. The van der Waals surface area contributed by atoms with Crippen LogP contribution >= 0.6 is 0 Å². The van der Waals surface area contributed by atoms with E-state index in [4.69, 9.17) is 4.74 Å². The highest BCUT2D eigenvalue weighted by Gasteiger charge is 2.42. The maximum Gasteiger partial charge on any atom is 0.416 e. The summed E-state index contributed by atoms with van der Waals surface area (Å²) in [7, 11) is 0. The Morgan fingerprint density at radius 3 is 2.48 bits per heavy atom. The number of alkyl halides is 3. The highest BCUT2D eigenvalue weighted by atomic mass is 19.4. The van der Waals surface area contributed by atoms with Crippen LogP contribution in [0.1, 0.15) is 55.7 Å². The molecule has 1 heterocycles. The summed E-state index contributed by atoms with van der Waals surface area (Å²) in [6.45, 7) is 3.48. The molecule has 33 heavy (non-hydrogen) atoms. The number of hydrogen-bond acceptors (Lipinski definition) is 3. The van der Waals surface area contributed by atoms with Crippen molar-refractivity contribution in [3.63, 3.8) is 0 Å². The van der Waals surface area contributed by atoms with E-state index >= 15 is 0 Å². The lowest BCUT2D eigenvalue weighted by atomic mass is 9.80. The number of rotatable bonds is 7. The fraction of sp³-hybridized carbons (Fsp3) is 0.360. The summed E-state index contributed by atoms with van der Waals surface area (Å²) in [5.41, 5.74) is -0.154. The van der Waals surface area contributed by atoms with Gasteiger partial charge in [-0.2, -0.15) is 13.2 Å². The third-order valence-electron chi connectivity index (χ3n) is 5.52. The second-order valence-corrected chi connectivity index (χ2v) is 7.78. The molecule has 0 radical (unpaired) electrons. The van der Waals surface area contributed by atoms with Crippen LogP contribution in [0.3, 0.4) is 0 Å². The van der Waals surface area contributed by atoms with E-state index in [1.54, 1.807) is 13.0 Å². The maximum atomic E-state index is 13.8. The minimum Gasteiger partial charge on any atom is -0.463 e. The smallest absolute Gasteiger partial charge is 0.416 e. The number of carbonyl (C=O) groups excluding carboxylic acids is 2. The molecule has 0 N–H and O–H groups in total. The van der Waals surface area contributed by atoms with Gasteiger partial charge in [0.25, 0.3) is 0 Å². The summed E-state index contributed by atoms with van der Waals surface area (Å²) in [5, 5.41) is 0. The Labute approximate surface area is 189 Å². The zero-order chi connectivity index (χ0) is 24.2. The molecule has 0 fully saturated rings. The number of allylic oxidation sites excluding steroid dienone is 1. The van der Waals surface area contributed by atoms with Crippen molar-refractivity contribution in [1.82, 2.24) is 4.90 Å². The van der Waals surface area contributed by atoms with Crippen LogP contribution in [0.15, 0.2) is 59.8 Å². The van der Waals surface area contributed by atoms with Gasteiger partial charge >= 0.3 is 12.1 Å². The first-order valence-corrected chi connectivity index (χ1v) is 10.8. The second-order valence-electron chi connectivity index (χ2n) is 7.78. The molecule has 0 saturated carbocycles. The highest BCUT2D eigenvalue weighted by molar-refractivity contribution is 5.96. The Morgan fingerprint density at radius 2 is 1.85 bits per heavy atom. The molecule has 4 nitrogen and oxygen atoms in total. The van der Waals surface area contributed by atoms with Crippen LogP contribution < -0.4 is 0 Å².